The van der Waals surface area contributed by atoms with Crippen LogP contribution in [0.1, 0.15) is 110 Å². The molecule has 0 saturated heterocycles. The van der Waals surface area contributed by atoms with Gasteiger partial charge >= 0.3 is 6.09 Å². The Morgan fingerprint density at radius 1 is 0.724 bits per heavy atom. The van der Waals surface area contributed by atoms with E-state index in [4.69, 9.17) is 9.84 Å². The van der Waals surface area contributed by atoms with E-state index in [1.165, 1.54) is 64.2 Å². The van der Waals surface area contributed by atoms with Crippen molar-refractivity contribution in [2.24, 2.45) is 0 Å². The zero-order valence-corrected chi connectivity index (χ0v) is 19.6. The van der Waals surface area contributed by atoms with E-state index in [9.17, 15) is 4.79 Å². The Hall–Kier alpha value is -0.810. The van der Waals surface area contributed by atoms with Crippen LogP contribution in [-0.4, -0.2) is 55.5 Å². The molecule has 0 aromatic rings. The van der Waals surface area contributed by atoms with Crippen LogP contribution in [-0.2, 0) is 4.74 Å². The molecular weight excluding hydrogens is 364 g/mol. The lowest BCUT2D eigenvalue weighted by Gasteiger charge is -2.22. The van der Waals surface area contributed by atoms with Gasteiger partial charge < -0.3 is 20.1 Å². The molecule has 29 heavy (non-hydrogen) atoms. The van der Waals surface area contributed by atoms with E-state index < -0.39 is 0 Å². The molecule has 2 N–H and O–H groups in total. The van der Waals surface area contributed by atoms with Crippen LogP contribution in [0.5, 0.6) is 0 Å². The van der Waals surface area contributed by atoms with Gasteiger partial charge in [-0.25, -0.2) is 4.79 Å². The zero-order chi connectivity index (χ0) is 21.4. The van der Waals surface area contributed by atoms with Gasteiger partial charge in [-0.15, -0.1) is 0 Å². The standard InChI is InChI=1S/C24H50N2O3/c1-3-5-7-9-11-15-20-26(21-16-12-10-8-6-4-2)24(28)29-23-17-13-14-18-25-19-22-27/h25,27H,3-23H2,1-2H3. The van der Waals surface area contributed by atoms with Crippen LogP contribution in [0.15, 0.2) is 0 Å². The summed E-state index contributed by atoms with van der Waals surface area (Å²) < 4.78 is 5.55. The van der Waals surface area contributed by atoms with E-state index in [2.05, 4.69) is 19.2 Å². The third-order valence-electron chi connectivity index (χ3n) is 5.33. The molecule has 0 rings (SSSR count). The highest BCUT2D eigenvalue weighted by atomic mass is 16.6. The van der Waals surface area contributed by atoms with Crippen molar-refractivity contribution in [1.82, 2.24) is 10.2 Å². The largest absolute Gasteiger partial charge is 0.449 e. The summed E-state index contributed by atoms with van der Waals surface area (Å²) in [4.78, 5) is 14.5. The van der Waals surface area contributed by atoms with Crippen molar-refractivity contribution in [3.63, 3.8) is 0 Å². The summed E-state index contributed by atoms with van der Waals surface area (Å²) in [6.45, 7) is 8.42. The number of aliphatic hydroxyl groups is 1. The fourth-order valence-electron chi connectivity index (χ4n) is 3.44. The molecule has 0 bridgehead atoms. The van der Waals surface area contributed by atoms with Gasteiger partial charge in [0.15, 0.2) is 0 Å². The number of aliphatic hydroxyl groups excluding tert-OH is 1. The van der Waals surface area contributed by atoms with Crippen molar-refractivity contribution < 1.29 is 14.6 Å². The maximum atomic E-state index is 12.5. The van der Waals surface area contributed by atoms with Crippen molar-refractivity contribution in [3.8, 4) is 0 Å². The number of nitrogens with one attached hydrogen (secondary N) is 1. The second kappa shape index (κ2) is 23.5. The highest BCUT2D eigenvalue weighted by Crippen LogP contribution is 2.10. The summed E-state index contributed by atoms with van der Waals surface area (Å²) in [7, 11) is 0. The number of unbranched alkanes of at least 4 members (excludes halogenated alkanes) is 12. The Morgan fingerprint density at radius 2 is 1.24 bits per heavy atom. The molecule has 0 aliphatic carbocycles. The average Bonchev–Trinajstić information content (AvgIpc) is 2.73. The van der Waals surface area contributed by atoms with Crippen molar-refractivity contribution in [2.45, 2.75) is 110 Å². The van der Waals surface area contributed by atoms with Gasteiger partial charge in [0, 0.05) is 19.6 Å². The predicted octanol–water partition coefficient (Wildman–Crippen LogP) is 5.90. The third-order valence-corrected chi connectivity index (χ3v) is 5.33. The van der Waals surface area contributed by atoms with Crippen LogP contribution in [0, 0.1) is 0 Å². The van der Waals surface area contributed by atoms with E-state index in [-0.39, 0.29) is 12.7 Å². The molecule has 0 aliphatic rings. The monoisotopic (exact) mass is 414 g/mol. The first-order chi connectivity index (χ1) is 14.3. The molecule has 174 valence electrons. The average molecular weight is 415 g/mol. The highest BCUT2D eigenvalue weighted by molar-refractivity contribution is 5.67. The number of carbonyl (C=O) groups excluding carboxylic acids is 1. The van der Waals surface area contributed by atoms with E-state index in [1.54, 1.807) is 0 Å². The van der Waals surface area contributed by atoms with Gasteiger partial charge in [0.05, 0.1) is 13.2 Å². The molecule has 0 fully saturated rings. The van der Waals surface area contributed by atoms with Gasteiger partial charge in [0.25, 0.3) is 0 Å². The zero-order valence-electron chi connectivity index (χ0n) is 19.6. The van der Waals surface area contributed by atoms with Gasteiger partial charge in [-0.05, 0) is 38.6 Å². The van der Waals surface area contributed by atoms with Crippen molar-refractivity contribution in [2.75, 3.05) is 39.4 Å². The van der Waals surface area contributed by atoms with Crippen molar-refractivity contribution >= 4 is 6.09 Å². The Bertz CT molecular complexity index is 324. The Kier molecular flexibility index (Phi) is 22.8. The van der Waals surface area contributed by atoms with Crippen LogP contribution in [0.2, 0.25) is 0 Å². The molecule has 0 aromatic carbocycles. The van der Waals surface area contributed by atoms with Crippen LogP contribution in [0.4, 0.5) is 4.79 Å². The lowest BCUT2D eigenvalue weighted by molar-refractivity contribution is 0.0990. The summed E-state index contributed by atoms with van der Waals surface area (Å²) in [5.74, 6) is 0. The molecule has 0 aromatic heterocycles. The molecule has 0 spiro atoms. The molecule has 1 amide bonds. The molecule has 0 heterocycles. The van der Waals surface area contributed by atoms with Crippen LogP contribution >= 0.6 is 0 Å². The molecule has 0 atom stereocenters. The SMILES string of the molecule is CCCCCCCCN(CCCCCCCC)C(=O)OCCCCCNCCO. The molecule has 0 saturated carbocycles. The lowest BCUT2D eigenvalue weighted by atomic mass is 10.1. The van der Waals surface area contributed by atoms with E-state index in [1.807, 2.05) is 4.90 Å². The number of amides is 1. The fraction of sp³-hybridized carbons (Fsp3) is 0.958. The summed E-state index contributed by atoms with van der Waals surface area (Å²) in [6, 6.07) is 0. The molecule has 0 radical (unpaired) electrons. The quantitative estimate of drug-likeness (QED) is 0.217. The smallest absolute Gasteiger partial charge is 0.409 e. The molecular formula is C24H50N2O3. The van der Waals surface area contributed by atoms with Gasteiger partial charge in [0.2, 0.25) is 0 Å². The van der Waals surface area contributed by atoms with Crippen LogP contribution in [0.25, 0.3) is 0 Å². The van der Waals surface area contributed by atoms with Gasteiger partial charge in [-0.3, -0.25) is 0 Å². The minimum atomic E-state index is -0.120. The van der Waals surface area contributed by atoms with Gasteiger partial charge in [-0.2, -0.15) is 0 Å². The topological polar surface area (TPSA) is 61.8 Å². The van der Waals surface area contributed by atoms with Crippen LogP contribution < -0.4 is 5.32 Å². The number of carbonyl (C=O) groups is 1. The Morgan fingerprint density at radius 3 is 1.79 bits per heavy atom. The summed E-state index contributed by atoms with van der Waals surface area (Å²) in [5, 5.41) is 11.9. The summed E-state index contributed by atoms with van der Waals surface area (Å²) in [6.07, 6.45) is 17.8. The highest BCUT2D eigenvalue weighted by Gasteiger charge is 2.14. The molecule has 5 heteroatoms. The first-order valence-corrected chi connectivity index (χ1v) is 12.5. The van der Waals surface area contributed by atoms with E-state index >= 15 is 0 Å². The first kappa shape index (κ1) is 28.2. The summed E-state index contributed by atoms with van der Waals surface area (Å²) in [5.41, 5.74) is 0. The van der Waals surface area contributed by atoms with E-state index in [0.717, 1.165) is 51.7 Å². The lowest BCUT2D eigenvalue weighted by Crippen LogP contribution is -2.33. The maximum Gasteiger partial charge on any atom is 0.409 e. The van der Waals surface area contributed by atoms with E-state index in [0.29, 0.717) is 13.2 Å². The van der Waals surface area contributed by atoms with Gasteiger partial charge in [0.1, 0.15) is 0 Å². The second-order valence-corrected chi connectivity index (χ2v) is 8.17. The number of rotatable bonds is 22. The number of ether oxygens (including phenoxy) is 1. The number of nitrogens with zero attached hydrogens (tertiary/aromatic N) is 1. The minimum Gasteiger partial charge on any atom is -0.449 e. The normalized spacial score (nSPS) is 11.0. The number of hydrogen-bond donors (Lipinski definition) is 2. The Labute approximate surface area is 181 Å². The summed E-state index contributed by atoms with van der Waals surface area (Å²) >= 11 is 0. The van der Waals surface area contributed by atoms with Crippen molar-refractivity contribution in [3.05, 3.63) is 0 Å². The molecule has 0 unspecified atom stereocenters. The molecule has 5 nitrogen and oxygen atoms in total. The predicted molar refractivity (Wildman–Crippen MR) is 123 cm³/mol. The Balaban J connectivity index is 4.00. The molecule has 0 aliphatic heterocycles. The third kappa shape index (κ3) is 20.2. The number of hydrogen-bond acceptors (Lipinski definition) is 4. The van der Waals surface area contributed by atoms with Crippen LogP contribution in [0.3, 0.4) is 0 Å². The fourth-order valence-corrected chi connectivity index (χ4v) is 3.44. The van der Waals surface area contributed by atoms with Gasteiger partial charge in [-0.1, -0.05) is 78.1 Å². The second-order valence-electron chi connectivity index (χ2n) is 8.17. The first-order valence-electron chi connectivity index (χ1n) is 12.5. The minimum absolute atomic E-state index is 0.120. The van der Waals surface area contributed by atoms with Crippen molar-refractivity contribution in [1.29, 1.82) is 0 Å². The maximum absolute atomic E-state index is 12.5.